The Morgan fingerprint density at radius 2 is 1.95 bits per heavy atom. The Hall–Kier alpha value is -1.44. The molecule has 0 aromatic heterocycles. The fraction of sp³-hybridized carbons (Fsp3) is 0.533. The Balaban J connectivity index is 2.33. The van der Waals surface area contributed by atoms with E-state index in [1.54, 1.807) is 30.3 Å². The van der Waals surface area contributed by atoms with Crippen molar-refractivity contribution in [2.45, 2.75) is 38.0 Å². The lowest BCUT2D eigenvalue weighted by Crippen LogP contribution is -2.23. The lowest BCUT2D eigenvalue weighted by molar-refractivity contribution is -0.146. The summed E-state index contributed by atoms with van der Waals surface area (Å²) < 4.78 is 33.1. The van der Waals surface area contributed by atoms with E-state index < -0.39 is 28.8 Å². The number of unbranched alkanes of at least 4 members (excludes halogenated alkanes) is 1. The second kappa shape index (κ2) is 9.55. The van der Waals surface area contributed by atoms with Gasteiger partial charge in [-0.05, 0) is 12.0 Å². The van der Waals surface area contributed by atoms with Gasteiger partial charge in [-0.3, -0.25) is 8.98 Å². The number of hydrogen-bond acceptors (Lipinski definition) is 6. The van der Waals surface area contributed by atoms with Crippen LogP contribution < -0.4 is 0 Å². The predicted molar refractivity (Wildman–Crippen MR) is 81.5 cm³/mol. The highest BCUT2D eigenvalue weighted by Crippen LogP contribution is 2.08. The number of aliphatic hydroxyl groups excluding tert-OH is 1. The van der Waals surface area contributed by atoms with Crippen LogP contribution in [0, 0.1) is 0 Å². The molecule has 1 atom stereocenters. The molecule has 0 heterocycles. The Labute approximate surface area is 131 Å². The number of benzene rings is 1. The zero-order chi connectivity index (χ0) is 16.4. The number of ether oxygens (including phenoxy) is 1. The van der Waals surface area contributed by atoms with E-state index in [4.69, 9.17) is 8.92 Å². The van der Waals surface area contributed by atoms with Gasteiger partial charge in [0.2, 0.25) is 0 Å². The summed E-state index contributed by atoms with van der Waals surface area (Å²) in [5, 5.41) is 9.62. The monoisotopic (exact) mass is 330 g/mol. The van der Waals surface area contributed by atoms with Crippen LogP contribution in [-0.2, 0) is 29.6 Å². The largest absolute Gasteiger partial charge is 0.466 e. The van der Waals surface area contributed by atoms with Gasteiger partial charge < -0.3 is 9.84 Å². The molecule has 1 rings (SSSR count). The number of carbonyl (C=O) groups excluding carboxylic acids is 1. The fourth-order valence-electron chi connectivity index (χ4n) is 1.64. The van der Waals surface area contributed by atoms with Gasteiger partial charge in [0.05, 0.1) is 25.7 Å². The highest BCUT2D eigenvalue weighted by Gasteiger charge is 2.18. The van der Waals surface area contributed by atoms with E-state index in [9.17, 15) is 18.3 Å². The van der Waals surface area contributed by atoms with E-state index >= 15 is 0 Å². The van der Waals surface area contributed by atoms with E-state index in [1.165, 1.54) is 0 Å². The van der Waals surface area contributed by atoms with Gasteiger partial charge in [-0.15, -0.1) is 0 Å². The number of rotatable bonds is 10. The topological polar surface area (TPSA) is 89.9 Å². The predicted octanol–water partition coefficient (Wildman–Crippen LogP) is 1.63. The maximum absolute atomic E-state index is 11.8. The zero-order valence-corrected chi connectivity index (χ0v) is 13.4. The molecule has 1 aromatic rings. The summed E-state index contributed by atoms with van der Waals surface area (Å²) in [4.78, 5) is 11.4. The molecule has 0 bridgehead atoms. The van der Waals surface area contributed by atoms with Crippen molar-refractivity contribution >= 4 is 16.1 Å². The number of hydrogen-bond donors (Lipinski definition) is 1. The maximum Gasteiger partial charge on any atom is 0.308 e. The Morgan fingerprint density at radius 1 is 1.27 bits per heavy atom. The molecular formula is C15H22O6S. The van der Waals surface area contributed by atoms with Crippen LogP contribution in [0.5, 0.6) is 0 Å². The van der Waals surface area contributed by atoms with Crippen molar-refractivity contribution in [1.29, 1.82) is 0 Å². The van der Waals surface area contributed by atoms with Gasteiger partial charge in [0, 0.05) is 0 Å². The van der Waals surface area contributed by atoms with E-state index in [0.29, 0.717) is 12.2 Å². The van der Waals surface area contributed by atoms with Gasteiger partial charge in [-0.1, -0.05) is 43.7 Å². The average molecular weight is 330 g/mol. The second-order valence-electron chi connectivity index (χ2n) is 4.90. The normalized spacial score (nSPS) is 12.8. The summed E-state index contributed by atoms with van der Waals surface area (Å²) in [7, 11) is -3.80. The minimum absolute atomic E-state index is 0.276. The first-order chi connectivity index (χ1) is 10.4. The van der Waals surface area contributed by atoms with Crippen LogP contribution in [0.1, 0.15) is 31.7 Å². The summed E-state index contributed by atoms with van der Waals surface area (Å²) in [5.41, 5.74) is 0.593. The summed E-state index contributed by atoms with van der Waals surface area (Å²) in [6.45, 7) is 1.81. The number of aliphatic hydroxyl groups is 1. The molecule has 0 fully saturated rings. The van der Waals surface area contributed by atoms with Gasteiger partial charge in [-0.2, -0.15) is 8.42 Å². The molecule has 0 saturated heterocycles. The molecule has 22 heavy (non-hydrogen) atoms. The first kappa shape index (κ1) is 18.6. The first-order valence-corrected chi connectivity index (χ1v) is 8.75. The fourth-order valence-corrected chi connectivity index (χ4v) is 2.69. The van der Waals surface area contributed by atoms with E-state index in [2.05, 4.69) is 0 Å². The van der Waals surface area contributed by atoms with Crippen LogP contribution >= 0.6 is 0 Å². The quantitative estimate of drug-likeness (QED) is 0.398. The molecular weight excluding hydrogens is 308 g/mol. The van der Waals surface area contributed by atoms with Crippen LogP contribution in [0.3, 0.4) is 0 Å². The molecule has 7 heteroatoms. The van der Waals surface area contributed by atoms with Gasteiger partial charge in [0.1, 0.15) is 5.75 Å². The third-order valence-electron chi connectivity index (χ3n) is 2.79. The minimum Gasteiger partial charge on any atom is -0.466 e. The molecule has 1 aromatic carbocycles. The summed E-state index contributed by atoms with van der Waals surface area (Å²) in [5.74, 6) is -0.841. The summed E-state index contributed by atoms with van der Waals surface area (Å²) in [6.07, 6.45) is 0.157. The molecule has 0 spiro atoms. The molecule has 0 aliphatic carbocycles. The van der Waals surface area contributed by atoms with Crippen molar-refractivity contribution in [2.24, 2.45) is 0 Å². The summed E-state index contributed by atoms with van der Waals surface area (Å²) in [6, 6.07) is 8.58. The van der Waals surface area contributed by atoms with Crippen molar-refractivity contribution in [2.75, 3.05) is 13.2 Å². The molecule has 1 N–H and O–H groups in total. The van der Waals surface area contributed by atoms with E-state index in [-0.39, 0.29) is 12.2 Å². The smallest absolute Gasteiger partial charge is 0.308 e. The highest BCUT2D eigenvalue weighted by molar-refractivity contribution is 7.85. The van der Waals surface area contributed by atoms with Crippen LogP contribution in [0.2, 0.25) is 0 Å². The van der Waals surface area contributed by atoms with Crippen LogP contribution in [0.4, 0.5) is 0 Å². The van der Waals surface area contributed by atoms with Crippen molar-refractivity contribution in [1.82, 2.24) is 0 Å². The molecule has 0 radical (unpaired) electrons. The molecule has 0 saturated carbocycles. The van der Waals surface area contributed by atoms with Crippen molar-refractivity contribution in [3.05, 3.63) is 35.9 Å². The van der Waals surface area contributed by atoms with Crippen molar-refractivity contribution < 1.29 is 27.2 Å². The van der Waals surface area contributed by atoms with Gasteiger partial charge in [0.25, 0.3) is 10.1 Å². The summed E-state index contributed by atoms with van der Waals surface area (Å²) >= 11 is 0. The van der Waals surface area contributed by atoms with Gasteiger partial charge >= 0.3 is 5.97 Å². The standard InChI is InChI=1S/C15H22O6S/c1-2-3-9-20-15(17)10-14(16)11-21-22(18,19)12-13-7-5-4-6-8-13/h4-8,14,16H,2-3,9-12H2,1H3. The van der Waals surface area contributed by atoms with Gasteiger partial charge in [-0.25, -0.2) is 0 Å². The average Bonchev–Trinajstić information content (AvgIpc) is 2.46. The van der Waals surface area contributed by atoms with Crippen LogP contribution in [0.15, 0.2) is 30.3 Å². The zero-order valence-electron chi connectivity index (χ0n) is 12.6. The molecule has 0 aliphatic rings. The Bertz CT molecular complexity index is 540. The lowest BCUT2D eigenvalue weighted by Gasteiger charge is -2.11. The second-order valence-corrected chi connectivity index (χ2v) is 6.54. The van der Waals surface area contributed by atoms with E-state index in [0.717, 1.165) is 12.8 Å². The third-order valence-corrected chi connectivity index (χ3v) is 3.97. The Kier molecular flexibility index (Phi) is 8.08. The van der Waals surface area contributed by atoms with E-state index in [1.807, 2.05) is 6.92 Å². The molecule has 0 aliphatic heterocycles. The van der Waals surface area contributed by atoms with Gasteiger partial charge in [0.15, 0.2) is 0 Å². The van der Waals surface area contributed by atoms with Crippen molar-refractivity contribution in [3.63, 3.8) is 0 Å². The number of esters is 1. The Morgan fingerprint density at radius 3 is 2.59 bits per heavy atom. The molecule has 124 valence electrons. The minimum atomic E-state index is -3.80. The van der Waals surface area contributed by atoms with Crippen LogP contribution in [-0.4, -0.2) is 38.8 Å². The highest BCUT2D eigenvalue weighted by atomic mass is 32.2. The van der Waals surface area contributed by atoms with Crippen LogP contribution in [0.25, 0.3) is 0 Å². The molecule has 0 amide bonds. The maximum atomic E-state index is 11.8. The third kappa shape index (κ3) is 8.11. The SMILES string of the molecule is CCCCOC(=O)CC(O)COS(=O)(=O)Cc1ccccc1. The van der Waals surface area contributed by atoms with Crippen molar-refractivity contribution in [3.8, 4) is 0 Å². The molecule has 1 unspecified atom stereocenters. The number of carbonyl (C=O) groups is 1. The molecule has 6 nitrogen and oxygen atoms in total. The lowest BCUT2D eigenvalue weighted by atomic mass is 10.2. The first-order valence-electron chi connectivity index (χ1n) is 7.17.